The van der Waals surface area contributed by atoms with Gasteiger partial charge in [-0.3, -0.25) is 0 Å². The Kier molecular flexibility index (Phi) is 3.98. The van der Waals surface area contributed by atoms with Crippen molar-refractivity contribution in [3.8, 4) is 0 Å². The molecule has 1 aliphatic carbocycles. The molecule has 0 N–H and O–H groups in total. The number of rotatable bonds is 2. The van der Waals surface area contributed by atoms with Gasteiger partial charge in [-0.2, -0.15) is 0 Å². The van der Waals surface area contributed by atoms with Crippen LogP contribution in [0.3, 0.4) is 0 Å². The Bertz CT molecular complexity index is 1200. The van der Waals surface area contributed by atoms with Crippen molar-refractivity contribution in [2.45, 2.75) is 39.5 Å². The van der Waals surface area contributed by atoms with Crippen LogP contribution in [-0.4, -0.2) is 4.57 Å². The largest absolute Gasteiger partial charge is 0.347 e. The Balaban J connectivity index is 1.82. The third kappa shape index (κ3) is 2.50. The van der Waals surface area contributed by atoms with Gasteiger partial charge in [0.2, 0.25) is 0 Å². The quantitative estimate of drug-likeness (QED) is 0.344. The van der Waals surface area contributed by atoms with Gasteiger partial charge < -0.3 is 4.57 Å². The van der Waals surface area contributed by atoms with E-state index in [9.17, 15) is 0 Å². The molecular formula is C25H25NS. The molecule has 2 aromatic heterocycles. The SMILES string of the molecule is Cc1c(C2=C(c3c(C)n(C)c4ccccc34)CCCC2)sc2ccccc12. The summed E-state index contributed by atoms with van der Waals surface area (Å²) in [5.41, 5.74) is 8.87. The highest BCUT2D eigenvalue weighted by molar-refractivity contribution is 7.20. The maximum absolute atomic E-state index is 2.36. The lowest BCUT2D eigenvalue weighted by Crippen LogP contribution is -2.01. The van der Waals surface area contributed by atoms with Gasteiger partial charge in [-0.05, 0) is 73.8 Å². The summed E-state index contributed by atoms with van der Waals surface area (Å²) < 4.78 is 3.78. The molecule has 0 amide bonds. The summed E-state index contributed by atoms with van der Waals surface area (Å²) >= 11 is 1.98. The maximum Gasteiger partial charge on any atom is 0.0486 e. The first-order chi connectivity index (χ1) is 13.2. The minimum Gasteiger partial charge on any atom is -0.347 e. The van der Waals surface area contributed by atoms with Crippen molar-refractivity contribution in [3.05, 3.63) is 70.2 Å². The highest BCUT2D eigenvalue weighted by Crippen LogP contribution is 2.46. The molecule has 0 atom stereocenters. The molecule has 136 valence electrons. The number of aromatic nitrogens is 1. The molecule has 1 aliphatic rings. The Morgan fingerprint density at radius 2 is 1.48 bits per heavy atom. The number of fused-ring (bicyclic) bond motifs is 2. The zero-order valence-electron chi connectivity index (χ0n) is 16.3. The first-order valence-electron chi connectivity index (χ1n) is 9.91. The number of aryl methyl sites for hydroxylation is 2. The van der Waals surface area contributed by atoms with Crippen LogP contribution >= 0.6 is 11.3 Å². The Morgan fingerprint density at radius 1 is 0.815 bits per heavy atom. The second kappa shape index (κ2) is 6.38. The maximum atomic E-state index is 2.36. The number of allylic oxidation sites excluding steroid dienone is 2. The smallest absolute Gasteiger partial charge is 0.0486 e. The number of hydrogen-bond donors (Lipinski definition) is 0. The number of hydrogen-bond acceptors (Lipinski definition) is 1. The van der Waals surface area contributed by atoms with Crippen LogP contribution in [0.25, 0.3) is 32.1 Å². The molecule has 2 heterocycles. The van der Waals surface area contributed by atoms with Gasteiger partial charge in [0.05, 0.1) is 0 Å². The average molecular weight is 372 g/mol. The zero-order chi connectivity index (χ0) is 18.5. The second-order valence-electron chi connectivity index (χ2n) is 7.75. The Labute approximate surface area is 165 Å². The Morgan fingerprint density at radius 3 is 2.26 bits per heavy atom. The number of benzene rings is 2. The lowest BCUT2D eigenvalue weighted by molar-refractivity contribution is 0.753. The fourth-order valence-corrected chi connectivity index (χ4v) is 6.10. The monoisotopic (exact) mass is 371 g/mol. The topological polar surface area (TPSA) is 4.93 Å². The van der Waals surface area contributed by atoms with Crippen molar-refractivity contribution in [3.63, 3.8) is 0 Å². The van der Waals surface area contributed by atoms with Crippen LogP contribution in [0.15, 0.2) is 48.5 Å². The van der Waals surface area contributed by atoms with Gasteiger partial charge in [-0.25, -0.2) is 0 Å². The molecule has 0 saturated heterocycles. The molecule has 1 nitrogen and oxygen atoms in total. The summed E-state index contributed by atoms with van der Waals surface area (Å²) in [4.78, 5) is 1.51. The van der Waals surface area contributed by atoms with E-state index in [1.54, 1.807) is 11.1 Å². The molecule has 2 aromatic carbocycles. The van der Waals surface area contributed by atoms with Crippen molar-refractivity contribution in [2.24, 2.45) is 7.05 Å². The molecule has 5 rings (SSSR count). The molecule has 0 spiro atoms. The number of thiophene rings is 1. The predicted molar refractivity (Wildman–Crippen MR) is 120 cm³/mol. The molecule has 2 heteroatoms. The number of para-hydroxylation sites is 1. The van der Waals surface area contributed by atoms with Gasteiger partial charge in [-0.1, -0.05) is 36.4 Å². The molecule has 0 radical (unpaired) electrons. The van der Waals surface area contributed by atoms with E-state index in [0.29, 0.717) is 0 Å². The molecule has 0 unspecified atom stereocenters. The third-order valence-corrected chi connectivity index (χ3v) is 7.62. The van der Waals surface area contributed by atoms with Crippen LogP contribution in [-0.2, 0) is 7.05 Å². The first-order valence-corrected chi connectivity index (χ1v) is 10.7. The van der Waals surface area contributed by atoms with E-state index in [0.717, 1.165) is 0 Å². The summed E-state index contributed by atoms with van der Waals surface area (Å²) in [6, 6.07) is 17.7. The van der Waals surface area contributed by atoms with E-state index in [2.05, 4.69) is 74.0 Å². The van der Waals surface area contributed by atoms with Crippen LogP contribution in [0.1, 0.15) is 47.4 Å². The molecule has 0 saturated carbocycles. The minimum absolute atomic E-state index is 1.19. The van der Waals surface area contributed by atoms with Gasteiger partial charge in [0.1, 0.15) is 0 Å². The van der Waals surface area contributed by atoms with E-state index < -0.39 is 0 Å². The van der Waals surface area contributed by atoms with Crippen LogP contribution < -0.4 is 0 Å². The highest BCUT2D eigenvalue weighted by Gasteiger charge is 2.24. The van der Waals surface area contributed by atoms with Gasteiger partial charge >= 0.3 is 0 Å². The van der Waals surface area contributed by atoms with Crippen LogP contribution in [0.2, 0.25) is 0 Å². The van der Waals surface area contributed by atoms with Crippen LogP contribution in [0.4, 0.5) is 0 Å². The van der Waals surface area contributed by atoms with Crippen molar-refractivity contribution in [1.82, 2.24) is 4.57 Å². The molecule has 27 heavy (non-hydrogen) atoms. The molecular weight excluding hydrogens is 346 g/mol. The Hall–Kier alpha value is -2.32. The number of nitrogens with zero attached hydrogens (tertiary/aromatic N) is 1. The van der Waals surface area contributed by atoms with Gasteiger partial charge in [0, 0.05) is 38.8 Å². The van der Waals surface area contributed by atoms with Crippen molar-refractivity contribution >= 4 is 43.5 Å². The molecule has 0 fully saturated rings. The zero-order valence-corrected chi connectivity index (χ0v) is 17.1. The van der Waals surface area contributed by atoms with E-state index in [4.69, 9.17) is 0 Å². The summed E-state index contributed by atoms with van der Waals surface area (Å²) in [6.45, 7) is 4.59. The molecule has 4 aromatic rings. The normalized spacial score (nSPS) is 15.2. The minimum atomic E-state index is 1.19. The lowest BCUT2D eigenvalue weighted by atomic mass is 9.84. The molecule has 0 aliphatic heterocycles. The van der Waals surface area contributed by atoms with Gasteiger partial charge in [0.15, 0.2) is 0 Å². The van der Waals surface area contributed by atoms with Crippen LogP contribution in [0, 0.1) is 13.8 Å². The van der Waals surface area contributed by atoms with E-state index >= 15 is 0 Å². The fourth-order valence-electron chi connectivity index (χ4n) is 4.80. The van der Waals surface area contributed by atoms with Crippen molar-refractivity contribution < 1.29 is 0 Å². The molecule has 0 bridgehead atoms. The van der Waals surface area contributed by atoms with E-state index in [1.807, 2.05) is 11.3 Å². The van der Waals surface area contributed by atoms with Crippen molar-refractivity contribution in [2.75, 3.05) is 0 Å². The summed E-state index contributed by atoms with van der Waals surface area (Å²) in [7, 11) is 2.20. The highest BCUT2D eigenvalue weighted by atomic mass is 32.1. The summed E-state index contributed by atoms with van der Waals surface area (Å²) in [5.74, 6) is 0. The van der Waals surface area contributed by atoms with Crippen molar-refractivity contribution in [1.29, 1.82) is 0 Å². The third-order valence-electron chi connectivity index (χ3n) is 6.29. The van der Waals surface area contributed by atoms with Gasteiger partial charge in [-0.15, -0.1) is 11.3 Å². The predicted octanol–water partition coefficient (Wildman–Crippen LogP) is 7.49. The van der Waals surface area contributed by atoms with E-state index in [1.165, 1.54) is 68.4 Å². The summed E-state index contributed by atoms with van der Waals surface area (Å²) in [6.07, 6.45) is 4.99. The lowest BCUT2D eigenvalue weighted by Gasteiger charge is -2.21. The van der Waals surface area contributed by atoms with E-state index in [-0.39, 0.29) is 0 Å². The summed E-state index contributed by atoms with van der Waals surface area (Å²) in [5, 5.41) is 2.83. The van der Waals surface area contributed by atoms with Crippen LogP contribution in [0.5, 0.6) is 0 Å². The standard InChI is InChI=1S/C25H25NS/c1-16-18-10-7-9-15-23(18)27-25(16)20-12-5-4-11-19(20)24-17(2)26(3)22-14-8-6-13-21(22)24/h6-10,13-15H,4-5,11-12H2,1-3H3. The second-order valence-corrected chi connectivity index (χ2v) is 8.81. The average Bonchev–Trinajstić information content (AvgIpc) is 3.17. The van der Waals surface area contributed by atoms with Gasteiger partial charge in [0.25, 0.3) is 0 Å². The fraction of sp³-hybridized carbons (Fsp3) is 0.280. The first kappa shape index (κ1) is 16.8.